The molecular formula is C28H32F3N3O3. The number of fused-ring (bicyclic) bond motifs is 1. The number of rotatable bonds is 5. The van der Waals surface area contributed by atoms with E-state index in [4.69, 9.17) is 4.74 Å². The van der Waals surface area contributed by atoms with Crippen molar-refractivity contribution in [2.24, 2.45) is 13.0 Å². The summed E-state index contributed by atoms with van der Waals surface area (Å²) >= 11 is 0. The first-order valence-electron chi connectivity index (χ1n) is 12.4. The number of carbonyl (C=O) groups is 2. The van der Waals surface area contributed by atoms with Crippen LogP contribution in [0.25, 0.3) is 10.9 Å². The number of aromatic nitrogens is 2. The number of hydrogen-bond acceptors (Lipinski definition) is 4. The maximum Gasteiger partial charge on any atom is 0.416 e. The van der Waals surface area contributed by atoms with Gasteiger partial charge in [-0.3, -0.25) is 14.6 Å². The molecule has 1 amide bonds. The van der Waals surface area contributed by atoms with Gasteiger partial charge in [-0.15, -0.1) is 0 Å². The summed E-state index contributed by atoms with van der Waals surface area (Å²) in [4.78, 5) is 31.3. The fourth-order valence-electron chi connectivity index (χ4n) is 5.25. The largest absolute Gasteiger partial charge is 0.469 e. The van der Waals surface area contributed by atoms with Crippen LogP contribution in [-0.4, -0.2) is 46.5 Å². The molecule has 1 aliphatic rings. The molecule has 1 fully saturated rings. The van der Waals surface area contributed by atoms with E-state index in [2.05, 4.69) is 4.98 Å². The smallest absolute Gasteiger partial charge is 0.416 e. The predicted molar refractivity (Wildman–Crippen MR) is 134 cm³/mol. The van der Waals surface area contributed by atoms with E-state index in [1.54, 1.807) is 29.6 Å². The summed E-state index contributed by atoms with van der Waals surface area (Å²) in [6, 6.07) is 4.29. The number of hydrogen-bond donors (Lipinski definition) is 0. The van der Waals surface area contributed by atoms with Gasteiger partial charge in [0, 0.05) is 61.5 Å². The van der Waals surface area contributed by atoms with E-state index in [1.807, 2.05) is 19.9 Å². The first kappa shape index (κ1) is 26.7. The fourth-order valence-corrected chi connectivity index (χ4v) is 5.25. The van der Waals surface area contributed by atoms with E-state index in [9.17, 15) is 22.8 Å². The van der Waals surface area contributed by atoms with Crippen LogP contribution in [-0.2, 0) is 29.2 Å². The molecule has 0 spiro atoms. The Hall–Kier alpha value is -3.36. The summed E-state index contributed by atoms with van der Waals surface area (Å²) in [5.41, 5.74) is 4.30. The van der Waals surface area contributed by atoms with Crippen LogP contribution in [0.5, 0.6) is 0 Å². The van der Waals surface area contributed by atoms with Gasteiger partial charge in [-0.05, 0) is 74.4 Å². The number of amides is 1. The van der Waals surface area contributed by atoms with Gasteiger partial charge in [0.1, 0.15) is 0 Å². The van der Waals surface area contributed by atoms with Crippen LogP contribution in [0.4, 0.5) is 13.2 Å². The molecule has 0 saturated carbocycles. The van der Waals surface area contributed by atoms with Gasteiger partial charge < -0.3 is 14.2 Å². The van der Waals surface area contributed by atoms with Gasteiger partial charge >= 0.3 is 12.1 Å². The molecule has 198 valence electrons. The second kappa shape index (κ2) is 10.2. The van der Waals surface area contributed by atoms with Crippen molar-refractivity contribution in [3.63, 3.8) is 0 Å². The SMILES string of the molecule is COC(=O)CC1CCN(C(=O)c2cnc(C)c(Cc3cc4c(C)cc(C(F)(F)F)cc4n3C)c2C)CC1. The van der Waals surface area contributed by atoms with Gasteiger partial charge in [-0.2, -0.15) is 13.2 Å². The normalized spacial score (nSPS) is 14.9. The van der Waals surface area contributed by atoms with Gasteiger partial charge in [-0.25, -0.2) is 0 Å². The third kappa shape index (κ3) is 5.36. The molecular weight excluding hydrogens is 483 g/mol. The van der Waals surface area contributed by atoms with Crippen molar-refractivity contribution in [2.45, 2.75) is 52.6 Å². The zero-order valence-electron chi connectivity index (χ0n) is 21.8. The maximum absolute atomic E-state index is 13.4. The third-order valence-corrected chi connectivity index (χ3v) is 7.65. The quantitative estimate of drug-likeness (QED) is 0.420. The Labute approximate surface area is 214 Å². The first-order valence-corrected chi connectivity index (χ1v) is 12.4. The molecule has 0 aliphatic carbocycles. The summed E-state index contributed by atoms with van der Waals surface area (Å²) in [5, 5.41) is 0.774. The summed E-state index contributed by atoms with van der Waals surface area (Å²) in [7, 11) is 3.15. The summed E-state index contributed by atoms with van der Waals surface area (Å²) in [6.07, 6.45) is -0.522. The van der Waals surface area contributed by atoms with E-state index >= 15 is 0 Å². The topological polar surface area (TPSA) is 64.4 Å². The van der Waals surface area contributed by atoms with Crippen molar-refractivity contribution in [2.75, 3.05) is 20.2 Å². The lowest BCUT2D eigenvalue weighted by atomic mass is 9.92. The molecule has 6 nitrogen and oxygen atoms in total. The fraction of sp³-hybridized carbons (Fsp3) is 0.464. The van der Waals surface area contributed by atoms with E-state index in [0.29, 0.717) is 42.6 Å². The van der Waals surface area contributed by atoms with E-state index in [0.717, 1.165) is 40.7 Å². The number of nitrogens with zero attached hydrogens (tertiary/aromatic N) is 3. The predicted octanol–water partition coefficient (Wildman–Crippen LogP) is 5.52. The number of halogens is 3. The molecule has 4 rings (SSSR count). The highest BCUT2D eigenvalue weighted by Crippen LogP contribution is 2.35. The highest BCUT2D eigenvalue weighted by Gasteiger charge is 2.32. The Morgan fingerprint density at radius 1 is 1.11 bits per heavy atom. The van der Waals surface area contributed by atoms with E-state index in [1.165, 1.54) is 19.2 Å². The second-order valence-electron chi connectivity index (χ2n) is 9.97. The molecule has 3 aromatic rings. The molecule has 1 saturated heterocycles. The van der Waals surface area contributed by atoms with Crippen LogP contribution in [0.1, 0.15) is 63.3 Å². The minimum absolute atomic E-state index is 0.0922. The number of ether oxygens (including phenoxy) is 1. The molecule has 0 radical (unpaired) electrons. The number of esters is 1. The highest BCUT2D eigenvalue weighted by molar-refractivity contribution is 5.96. The van der Waals surface area contributed by atoms with Crippen molar-refractivity contribution in [3.8, 4) is 0 Å². The lowest BCUT2D eigenvalue weighted by Crippen LogP contribution is -2.39. The molecule has 3 heterocycles. The van der Waals surface area contributed by atoms with Crippen LogP contribution in [0.2, 0.25) is 0 Å². The van der Waals surface area contributed by atoms with Crippen LogP contribution in [0.3, 0.4) is 0 Å². The summed E-state index contributed by atoms with van der Waals surface area (Å²) in [6.45, 7) is 6.59. The van der Waals surface area contributed by atoms with Gasteiger partial charge in [0.05, 0.1) is 18.2 Å². The second-order valence-corrected chi connectivity index (χ2v) is 9.97. The average molecular weight is 516 g/mol. The Kier molecular flexibility index (Phi) is 7.35. The lowest BCUT2D eigenvalue weighted by Gasteiger charge is -2.32. The van der Waals surface area contributed by atoms with E-state index in [-0.39, 0.29) is 17.8 Å². The van der Waals surface area contributed by atoms with Crippen molar-refractivity contribution in [1.29, 1.82) is 0 Å². The molecule has 0 unspecified atom stereocenters. The van der Waals surface area contributed by atoms with E-state index < -0.39 is 11.7 Å². The Balaban J connectivity index is 1.59. The summed E-state index contributed by atoms with van der Waals surface area (Å²) < 4.78 is 46.7. The lowest BCUT2D eigenvalue weighted by molar-refractivity contribution is -0.142. The third-order valence-electron chi connectivity index (χ3n) is 7.65. The van der Waals surface area contributed by atoms with Gasteiger partial charge in [-0.1, -0.05) is 0 Å². The molecule has 1 aromatic carbocycles. The van der Waals surface area contributed by atoms with Crippen molar-refractivity contribution in [1.82, 2.24) is 14.5 Å². The van der Waals surface area contributed by atoms with Gasteiger partial charge in [0.15, 0.2) is 0 Å². The Bertz CT molecular complexity index is 1350. The van der Waals surface area contributed by atoms with Crippen molar-refractivity contribution >= 4 is 22.8 Å². The minimum atomic E-state index is -4.41. The number of aryl methyl sites for hydroxylation is 3. The molecule has 1 aliphatic heterocycles. The molecule has 9 heteroatoms. The zero-order valence-corrected chi connectivity index (χ0v) is 21.8. The van der Waals surface area contributed by atoms with Crippen LogP contribution in [0, 0.1) is 26.7 Å². The molecule has 2 aromatic heterocycles. The number of likely N-dealkylation sites (tertiary alicyclic amines) is 1. The van der Waals surface area contributed by atoms with Crippen LogP contribution < -0.4 is 0 Å². The van der Waals surface area contributed by atoms with Gasteiger partial charge in [0.25, 0.3) is 5.91 Å². The maximum atomic E-state index is 13.4. The van der Waals surface area contributed by atoms with Crippen molar-refractivity contribution in [3.05, 3.63) is 63.6 Å². The number of methoxy groups -OCH3 is 1. The van der Waals surface area contributed by atoms with Crippen LogP contribution in [0.15, 0.2) is 24.4 Å². The number of pyridine rings is 1. The van der Waals surface area contributed by atoms with Crippen molar-refractivity contribution < 1.29 is 27.5 Å². The number of carbonyl (C=O) groups excluding carboxylic acids is 2. The molecule has 0 N–H and O–H groups in total. The Morgan fingerprint density at radius 2 is 1.78 bits per heavy atom. The molecule has 0 atom stereocenters. The van der Waals surface area contributed by atoms with Crippen LogP contribution >= 0.6 is 0 Å². The number of alkyl halides is 3. The number of piperidine rings is 1. The highest BCUT2D eigenvalue weighted by atomic mass is 19.4. The van der Waals surface area contributed by atoms with Gasteiger partial charge in [0.2, 0.25) is 0 Å². The Morgan fingerprint density at radius 3 is 2.41 bits per heavy atom. The molecule has 0 bridgehead atoms. The first-order chi connectivity index (χ1) is 17.4. The zero-order chi connectivity index (χ0) is 27.1. The average Bonchev–Trinajstić information content (AvgIpc) is 3.17. The number of benzene rings is 1. The standard InChI is InChI=1S/C28H32F3N3O3/c1-16-10-20(28(29,30)31)12-25-22(16)13-21(33(25)4)14-23-17(2)24(15-32-18(23)3)27(36)34-8-6-19(7-9-34)11-26(35)37-5/h10,12-13,15,19H,6-9,11,14H2,1-5H3. The summed E-state index contributed by atoms with van der Waals surface area (Å²) in [5.74, 6) is -0.117. The molecule has 37 heavy (non-hydrogen) atoms. The minimum Gasteiger partial charge on any atom is -0.469 e. The monoisotopic (exact) mass is 515 g/mol.